The summed E-state index contributed by atoms with van der Waals surface area (Å²) in [6, 6.07) is 12.3. The van der Waals surface area contributed by atoms with E-state index in [-0.39, 0.29) is 12.5 Å². The number of hydrogen-bond acceptors (Lipinski definition) is 5. The van der Waals surface area contributed by atoms with Gasteiger partial charge >= 0.3 is 5.97 Å². The molecule has 2 N–H and O–H groups in total. The summed E-state index contributed by atoms with van der Waals surface area (Å²) in [5.74, 6) is -0.742. The Bertz CT molecular complexity index is 1090. The number of amides is 2. The van der Waals surface area contributed by atoms with Gasteiger partial charge in [-0.2, -0.15) is 5.10 Å². The lowest BCUT2D eigenvalue weighted by atomic mass is 10.1. The van der Waals surface area contributed by atoms with Gasteiger partial charge < -0.3 is 10.1 Å². The lowest BCUT2D eigenvalue weighted by molar-refractivity contribution is -0.126. The number of benzene rings is 2. The third-order valence-electron chi connectivity index (χ3n) is 6.39. The maximum absolute atomic E-state index is 12.6. The van der Waals surface area contributed by atoms with Crippen LogP contribution in [0, 0.1) is 6.92 Å². The second-order valence-corrected chi connectivity index (χ2v) is 10.7. The standard InChI is InChI=1S/C31H42BrN3O4/c1-3-4-5-6-7-8-9-10-11-12-13-18-29(36)33-23-30(37)35-34-22-25-21-26(32)19-20-28(25)39-31(38)27-17-15-14-16-24(27)2/h14-17,19-22H,3-13,18,23H2,1-2H3,(H,33,36)(H,35,37). The Hall–Kier alpha value is -3.00. The number of rotatable bonds is 18. The van der Waals surface area contributed by atoms with Gasteiger partial charge in [0.25, 0.3) is 5.91 Å². The highest BCUT2D eigenvalue weighted by Gasteiger charge is 2.13. The van der Waals surface area contributed by atoms with Gasteiger partial charge in [-0.1, -0.05) is 105 Å². The summed E-state index contributed by atoms with van der Waals surface area (Å²) in [6.07, 6.45) is 15.3. The molecule has 2 rings (SSSR count). The van der Waals surface area contributed by atoms with Crippen LogP contribution in [0.15, 0.2) is 52.0 Å². The van der Waals surface area contributed by atoms with Crippen LogP contribution in [0.1, 0.15) is 105 Å². The first-order chi connectivity index (χ1) is 18.9. The maximum atomic E-state index is 12.6. The average Bonchev–Trinajstić information content (AvgIpc) is 2.92. The summed E-state index contributed by atoms with van der Waals surface area (Å²) in [5, 5.41) is 6.60. The van der Waals surface area contributed by atoms with Crippen molar-refractivity contribution in [2.24, 2.45) is 5.10 Å². The Morgan fingerprint density at radius 3 is 2.18 bits per heavy atom. The zero-order valence-corrected chi connectivity index (χ0v) is 24.9. The van der Waals surface area contributed by atoms with Crippen LogP contribution in [0.2, 0.25) is 0 Å². The first-order valence-corrected chi connectivity index (χ1v) is 14.9. The Balaban J connectivity index is 1.66. The van der Waals surface area contributed by atoms with Crippen LogP contribution in [0.4, 0.5) is 0 Å². The first kappa shape index (κ1) is 32.2. The van der Waals surface area contributed by atoms with E-state index in [1.165, 1.54) is 57.6 Å². The van der Waals surface area contributed by atoms with Crippen LogP contribution in [-0.2, 0) is 9.59 Å². The summed E-state index contributed by atoms with van der Waals surface area (Å²) in [6.45, 7) is 3.93. The van der Waals surface area contributed by atoms with Crippen LogP contribution in [-0.4, -0.2) is 30.5 Å². The van der Waals surface area contributed by atoms with E-state index in [1.807, 2.05) is 19.1 Å². The van der Waals surface area contributed by atoms with Crippen molar-refractivity contribution in [2.45, 2.75) is 90.9 Å². The molecule has 0 radical (unpaired) electrons. The molecule has 0 saturated carbocycles. The largest absolute Gasteiger partial charge is 0.422 e. The molecule has 0 aliphatic rings. The summed E-state index contributed by atoms with van der Waals surface area (Å²) < 4.78 is 6.34. The van der Waals surface area contributed by atoms with Gasteiger partial charge in [-0.15, -0.1) is 0 Å². The Kier molecular flexibility index (Phi) is 15.8. The molecule has 0 spiro atoms. The van der Waals surface area contributed by atoms with Crippen LogP contribution in [0.3, 0.4) is 0 Å². The predicted molar refractivity (Wildman–Crippen MR) is 160 cm³/mol. The molecule has 7 nitrogen and oxygen atoms in total. The zero-order chi connectivity index (χ0) is 28.3. The van der Waals surface area contributed by atoms with Crippen molar-refractivity contribution >= 4 is 39.9 Å². The summed E-state index contributed by atoms with van der Waals surface area (Å²) in [4.78, 5) is 36.8. The number of hydrazone groups is 1. The van der Waals surface area contributed by atoms with Crippen molar-refractivity contribution in [3.63, 3.8) is 0 Å². The van der Waals surface area contributed by atoms with Gasteiger partial charge in [0.1, 0.15) is 5.75 Å². The highest BCUT2D eigenvalue weighted by atomic mass is 79.9. The van der Waals surface area contributed by atoms with Gasteiger partial charge in [0.05, 0.1) is 18.3 Å². The van der Waals surface area contributed by atoms with Crippen molar-refractivity contribution in [1.29, 1.82) is 0 Å². The van der Waals surface area contributed by atoms with E-state index in [4.69, 9.17) is 4.74 Å². The minimum atomic E-state index is -0.477. The fraction of sp³-hybridized carbons (Fsp3) is 0.484. The van der Waals surface area contributed by atoms with Gasteiger partial charge in [0, 0.05) is 16.5 Å². The minimum Gasteiger partial charge on any atom is -0.422 e. The van der Waals surface area contributed by atoms with Crippen LogP contribution < -0.4 is 15.5 Å². The summed E-state index contributed by atoms with van der Waals surface area (Å²) in [7, 11) is 0. The molecular weight excluding hydrogens is 558 g/mol. The first-order valence-electron chi connectivity index (χ1n) is 14.1. The van der Waals surface area contributed by atoms with E-state index in [2.05, 4.69) is 38.7 Å². The number of hydrogen-bond donors (Lipinski definition) is 2. The molecule has 0 aliphatic carbocycles. The van der Waals surface area contributed by atoms with Gasteiger partial charge in [-0.3, -0.25) is 9.59 Å². The third-order valence-corrected chi connectivity index (χ3v) is 6.88. The smallest absolute Gasteiger partial charge is 0.343 e. The molecule has 0 heterocycles. The molecular formula is C31H42BrN3O4. The van der Waals surface area contributed by atoms with Crippen molar-refractivity contribution in [3.8, 4) is 5.75 Å². The number of nitrogens with zero attached hydrogens (tertiary/aromatic N) is 1. The number of nitrogens with one attached hydrogen (secondary N) is 2. The molecule has 2 amide bonds. The number of aryl methyl sites for hydroxylation is 1. The van der Waals surface area contributed by atoms with Crippen LogP contribution >= 0.6 is 15.9 Å². The molecule has 8 heteroatoms. The molecule has 0 fully saturated rings. The monoisotopic (exact) mass is 599 g/mol. The second kappa shape index (κ2) is 19.1. The van der Waals surface area contributed by atoms with Crippen molar-refractivity contribution in [2.75, 3.05) is 6.54 Å². The van der Waals surface area contributed by atoms with E-state index in [0.29, 0.717) is 23.3 Å². The van der Waals surface area contributed by atoms with Crippen molar-refractivity contribution in [1.82, 2.24) is 10.7 Å². The van der Waals surface area contributed by atoms with Gasteiger partial charge in [-0.25, -0.2) is 10.2 Å². The van der Waals surface area contributed by atoms with Crippen molar-refractivity contribution in [3.05, 3.63) is 63.6 Å². The molecule has 0 unspecified atom stereocenters. The fourth-order valence-electron chi connectivity index (χ4n) is 4.10. The maximum Gasteiger partial charge on any atom is 0.343 e. The van der Waals surface area contributed by atoms with E-state index in [1.54, 1.807) is 30.3 Å². The quantitative estimate of drug-likeness (QED) is 0.0620. The number of unbranched alkanes of at least 4 members (excludes halogenated alkanes) is 10. The molecule has 2 aromatic carbocycles. The van der Waals surface area contributed by atoms with Gasteiger partial charge in [0.15, 0.2) is 0 Å². The summed E-state index contributed by atoms with van der Waals surface area (Å²) >= 11 is 3.40. The van der Waals surface area contributed by atoms with Crippen molar-refractivity contribution < 1.29 is 19.1 Å². The lowest BCUT2D eigenvalue weighted by Gasteiger charge is -2.09. The average molecular weight is 601 g/mol. The van der Waals surface area contributed by atoms with E-state index in [9.17, 15) is 14.4 Å². The van der Waals surface area contributed by atoms with E-state index in [0.717, 1.165) is 29.3 Å². The highest BCUT2D eigenvalue weighted by Crippen LogP contribution is 2.23. The highest BCUT2D eigenvalue weighted by molar-refractivity contribution is 9.10. The number of carbonyl (C=O) groups is 3. The van der Waals surface area contributed by atoms with Crippen LogP contribution in [0.25, 0.3) is 0 Å². The lowest BCUT2D eigenvalue weighted by Crippen LogP contribution is -2.34. The van der Waals surface area contributed by atoms with Crippen LogP contribution in [0.5, 0.6) is 5.75 Å². The zero-order valence-electron chi connectivity index (χ0n) is 23.3. The minimum absolute atomic E-state index is 0.137. The number of carbonyl (C=O) groups excluding carboxylic acids is 3. The normalized spacial score (nSPS) is 10.9. The van der Waals surface area contributed by atoms with Gasteiger partial charge in [0.2, 0.25) is 5.91 Å². The third kappa shape index (κ3) is 13.6. The molecule has 0 bridgehead atoms. The number of halogens is 1. The van der Waals surface area contributed by atoms with Gasteiger partial charge in [-0.05, 0) is 43.2 Å². The molecule has 0 atom stereocenters. The Morgan fingerprint density at radius 1 is 0.872 bits per heavy atom. The van der Waals surface area contributed by atoms with E-state index < -0.39 is 11.9 Å². The Morgan fingerprint density at radius 2 is 1.51 bits per heavy atom. The fourth-order valence-corrected chi connectivity index (χ4v) is 4.48. The SMILES string of the molecule is CCCCCCCCCCCCCC(=O)NCC(=O)NN=Cc1cc(Br)ccc1OC(=O)c1ccccc1C. The molecule has 0 aromatic heterocycles. The molecule has 0 aliphatic heterocycles. The Labute approximate surface area is 241 Å². The molecule has 212 valence electrons. The number of esters is 1. The molecule has 2 aromatic rings. The molecule has 0 saturated heterocycles. The van der Waals surface area contributed by atoms with E-state index >= 15 is 0 Å². The summed E-state index contributed by atoms with van der Waals surface area (Å²) in [5.41, 5.74) is 4.19. The topological polar surface area (TPSA) is 96.9 Å². The second-order valence-electron chi connectivity index (χ2n) is 9.74. The predicted octanol–water partition coefficient (Wildman–Crippen LogP) is 7.24. The number of ether oxygens (including phenoxy) is 1. The molecule has 39 heavy (non-hydrogen) atoms.